The fourth-order valence-corrected chi connectivity index (χ4v) is 3.01. The first-order valence-electron chi connectivity index (χ1n) is 8.77. The highest BCUT2D eigenvalue weighted by Gasteiger charge is 2.35. The first-order valence-corrected chi connectivity index (χ1v) is 8.77. The summed E-state index contributed by atoms with van der Waals surface area (Å²) in [6.45, 7) is 5.36. The maximum Gasteiger partial charge on any atom is 0.290 e. The summed E-state index contributed by atoms with van der Waals surface area (Å²) in [5.41, 5.74) is 6.07. The van der Waals surface area contributed by atoms with Crippen LogP contribution in [0.5, 0.6) is 0 Å². The zero-order valence-electron chi connectivity index (χ0n) is 14.9. The van der Waals surface area contributed by atoms with Crippen molar-refractivity contribution in [1.82, 2.24) is 9.80 Å². The minimum absolute atomic E-state index is 0.00874. The van der Waals surface area contributed by atoms with Gasteiger partial charge in [-0.2, -0.15) is 0 Å². The van der Waals surface area contributed by atoms with E-state index in [2.05, 4.69) is 13.8 Å². The van der Waals surface area contributed by atoms with Crippen molar-refractivity contribution in [2.24, 2.45) is 11.7 Å². The van der Waals surface area contributed by atoms with Crippen LogP contribution >= 0.6 is 0 Å². The molecule has 0 saturated carbocycles. The molecule has 2 atom stereocenters. The van der Waals surface area contributed by atoms with E-state index in [0.29, 0.717) is 31.2 Å². The molecule has 2 N–H and O–H groups in total. The van der Waals surface area contributed by atoms with E-state index in [1.165, 1.54) is 6.26 Å². The fraction of sp³-hybridized carbons (Fsp3) is 0.667. The summed E-state index contributed by atoms with van der Waals surface area (Å²) in [4.78, 5) is 28.8. The lowest BCUT2D eigenvalue weighted by atomic mass is 9.99. The molecule has 0 radical (unpaired) electrons. The van der Waals surface area contributed by atoms with E-state index >= 15 is 0 Å². The molecule has 6 nitrogen and oxygen atoms in total. The molecule has 1 fully saturated rings. The van der Waals surface area contributed by atoms with E-state index in [1.54, 1.807) is 29.0 Å². The third kappa shape index (κ3) is 4.38. The number of hydrogen-bond acceptors (Lipinski definition) is 4. The average molecular weight is 335 g/mol. The lowest BCUT2D eigenvalue weighted by molar-refractivity contribution is -0.136. The van der Waals surface area contributed by atoms with Crippen molar-refractivity contribution >= 4 is 11.8 Å². The molecule has 6 heteroatoms. The van der Waals surface area contributed by atoms with E-state index in [0.717, 1.165) is 19.3 Å². The third-order valence-electron chi connectivity index (χ3n) is 4.81. The summed E-state index contributed by atoms with van der Waals surface area (Å²) in [5, 5.41) is 0. The second-order valence-electron chi connectivity index (χ2n) is 6.94. The number of nitrogens with two attached hydrogens (primary N) is 1. The number of carbonyl (C=O) groups is 2. The Kier molecular flexibility index (Phi) is 6.43. The van der Waals surface area contributed by atoms with Crippen LogP contribution in [-0.2, 0) is 4.79 Å². The number of likely N-dealkylation sites (N-methyl/N-ethyl adjacent to an activating group) is 1. The van der Waals surface area contributed by atoms with Crippen molar-refractivity contribution in [3.63, 3.8) is 0 Å². The Morgan fingerprint density at radius 2 is 2.17 bits per heavy atom. The molecular formula is C18H29N3O3. The average Bonchev–Trinajstić information content (AvgIpc) is 3.12. The van der Waals surface area contributed by atoms with Crippen molar-refractivity contribution < 1.29 is 14.0 Å². The molecule has 2 unspecified atom stereocenters. The zero-order chi connectivity index (χ0) is 17.7. The summed E-state index contributed by atoms with van der Waals surface area (Å²) in [7, 11) is 1.79. The van der Waals surface area contributed by atoms with Gasteiger partial charge in [0.2, 0.25) is 5.91 Å². The predicted octanol–water partition coefficient (Wildman–Crippen LogP) is 2.11. The minimum Gasteiger partial charge on any atom is -0.459 e. The van der Waals surface area contributed by atoms with Crippen LogP contribution in [0.1, 0.15) is 50.1 Å². The summed E-state index contributed by atoms with van der Waals surface area (Å²) >= 11 is 0. The highest BCUT2D eigenvalue weighted by atomic mass is 16.3. The van der Waals surface area contributed by atoms with Gasteiger partial charge in [0.1, 0.15) is 6.04 Å². The van der Waals surface area contributed by atoms with Crippen LogP contribution in [0, 0.1) is 5.92 Å². The molecule has 1 aromatic rings. The summed E-state index contributed by atoms with van der Waals surface area (Å²) in [5.74, 6) is 0.468. The summed E-state index contributed by atoms with van der Waals surface area (Å²) < 4.78 is 5.21. The van der Waals surface area contributed by atoms with E-state index in [4.69, 9.17) is 10.2 Å². The Hall–Kier alpha value is -1.82. The molecule has 1 aromatic heterocycles. The Morgan fingerprint density at radius 3 is 2.79 bits per heavy atom. The number of carbonyl (C=O) groups excluding carboxylic acids is 2. The molecular weight excluding hydrogens is 306 g/mol. The number of piperidine rings is 1. The van der Waals surface area contributed by atoms with Crippen LogP contribution < -0.4 is 5.73 Å². The maximum atomic E-state index is 12.8. The number of likely N-dealkylation sites (tertiary alicyclic amines) is 1. The fourth-order valence-electron chi connectivity index (χ4n) is 3.01. The molecule has 0 aliphatic carbocycles. The number of nitrogens with zero attached hydrogens (tertiary/aromatic N) is 2. The van der Waals surface area contributed by atoms with E-state index < -0.39 is 6.04 Å². The first kappa shape index (κ1) is 18.5. The molecule has 24 heavy (non-hydrogen) atoms. The predicted molar refractivity (Wildman–Crippen MR) is 92.5 cm³/mol. The van der Waals surface area contributed by atoms with Gasteiger partial charge >= 0.3 is 0 Å². The SMILES string of the molecule is CC(C)C(N)CCN(C)C(=O)C1CCCCN1C(=O)c1ccco1. The molecule has 134 valence electrons. The standard InChI is InChI=1S/C18H29N3O3/c1-13(2)14(19)9-11-20(3)17(22)15-7-4-5-10-21(15)18(23)16-8-6-12-24-16/h6,8,12-15H,4-5,7,9-11,19H2,1-3H3. The van der Waals surface area contributed by atoms with Gasteiger partial charge in [0.15, 0.2) is 5.76 Å². The Labute approximate surface area is 144 Å². The number of furan rings is 1. The summed E-state index contributed by atoms with van der Waals surface area (Å²) in [6, 6.07) is 3.00. The van der Waals surface area contributed by atoms with Gasteiger partial charge in [-0.15, -0.1) is 0 Å². The van der Waals surface area contributed by atoms with Gasteiger partial charge < -0.3 is 20.0 Å². The van der Waals surface area contributed by atoms with Crippen LogP contribution in [-0.4, -0.2) is 53.8 Å². The van der Waals surface area contributed by atoms with Gasteiger partial charge in [-0.05, 0) is 43.7 Å². The minimum atomic E-state index is -0.406. The van der Waals surface area contributed by atoms with Crippen LogP contribution in [0.3, 0.4) is 0 Å². The van der Waals surface area contributed by atoms with Gasteiger partial charge in [-0.1, -0.05) is 13.8 Å². The maximum absolute atomic E-state index is 12.8. The van der Waals surface area contributed by atoms with Gasteiger partial charge in [0, 0.05) is 26.2 Å². The molecule has 1 saturated heterocycles. The Bertz CT molecular complexity index is 542. The molecule has 2 rings (SSSR count). The smallest absolute Gasteiger partial charge is 0.290 e. The number of hydrogen-bond donors (Lipinski definition) is 1. The monoisotopic (exact) mass is 335 g/mol. The van der Waals surface area contributed by atoms with Crippen molar-refractivity contribution in [1.29, 1.82) is 0 Å². The Morgan fingerprint density at radius 1 is 1.42 bits per heavy atom. The van der Waals surface area contributed by atoms with Gasteiger partial charge in [0.05, 0.1) is 6.26 Å². The zero-order valence-corrected chi connectivity index (χ0v) is 14.9. The molecule has 1 aliphatic rings. The van der Waals surface area contributed by atoms with Crippen LogP contribution in [0.2, 0.25) is 0 Å². The largest absolute Gasteiger partial charge is 0.459 e. The highest BCUT2D eigenvalue weighted by Crippen LogP contribution is 2.21. The van der Waals surface area contributed by atoms with Crippen LogP contribution in [0.4, 0.5) is 0 Å². The second-order valence-corrected chi connectivity index (χ2v) is 6.94. The Balaban J connectivity index is 2.01. The highest BCUT2D eigenvalue weighted by molar-refractivity contribution is 5.95. The van der Waals surface area contributed by atoms with Gasteiger partial charge in [-0.25, -0.2) is 0 Å². The molecule has 2 amide bonds. The van der Waals surface area contributed by atoms with E-state index in [1.807, 2.05) is 0 Å². The molecule has 0 bridgehead atoms. The molecule has 1 aliphatic heterocycles. The molecule has 0 spiro atoms. The van der Waals surface area contributed by atoms with E-state index in [9.17, 15) is 9.59 Å². The summed E-state index contributed by atoms with van der Waals surface area (Å²) in [6.07, 6.45) is 4.81. The van der Waals surface area contributed by atoms with Crippen LogP contribution in [0.15, 0.2) is 22.8 Å². The third-order valence-corrected chi connectivity index (χ3v) is 4.81. The van der Waals surface area contributed by atoms with Crippen molar-refractivity contribution in [2.45, 2.75) is 51.6 Å². The lowest BCUT2D eigenvalue weighted by Gasteiger charge is -2.36. The quantitative estimate of drug-likeness (QED) is 0.863. The number of amides is 2. The van der Waals surface area contributed by atoms with E-state index in [-0.39, 0.29) is 17.9 Å². The molecule has 2 heterocycles. The lowest BCUT2D eigenvalue weighted by Crippen LogP contribution is -2.52. The normalized spacial score (nSPS) is 19.4. The van der Waals surface area contributed by atoms with Crippen LogP contribution in [0.25, 0.3) is 0 Å². The van der Waals surface area contributed by atoms with Crippen molar-refractivity contribution in [3.8, 4) is 0 Å². The second kappa shape index (κ2) is 8.33. The number of rotatable bonds is 6. The van der Waals surface area contributed by atoms with Crippen molar-refractivity contribution in [3.05, 3.63) is 24.2 Å². The molecule has 0 aromatic carbocycles. The van der Waals surface area contributed by atoms with Gasteiger partial charge in [-0.3, -0.25) is 9.59 Å². The topological polar surface area (TPSA) is 79.8 Å². The van der Waals surface area contributed by atoms with Gasteiger partial charge in [0.25, 0.3) is 5.91 Å². The first-order chi connectivity index (χ1) is 11.4. The van der Waals surface area contributed by atoms with Crippen molar-refractivity contribution in [2.75, 3.05) is 20.1 Å².